The van der Waals surface area contributed by atoms with Crippen LogP contribution in [0.15, 0.2) is 212 Å². The summed E-state index contributed by atoms with van der Waals surface area (Å²) in [6.45, 7) is 0. The molecule has 56 heavy (non-hydrogen) atoms. The van der Waals surface area contributed by atoms with Crippen molar-refractivity contribution in [1.29, 1.82) is 0 Å². The van der Waals surface area contributed by atoms with Crippen molar-refractivity contribution < 1.29 is 0 Å². The number of thiophene rings is 1. The number of para-hydroxylation sites is 2. The monoisotopic (exact) mass is 729 g/mol. The third kappa shape index (κ3) is 5.54. The summed E-state index contributed by atoms with van der Waals surface area (Å²) in [5.41, 5.74) is 15.8. The van der Waals surface area contributed by atoms with Gasteiger partial charge in [0.2, 0.25) is 0 Å². The molecule has 9 aromatic carbocycles. The molecule has 11 rings (SSSR count). The van der Waals surface area contributed by atoms with Crippen LogP contribution in [0.1, 0.15) is 0 Å². The number of aromatic nitrogens is 1. The lowest BCUT2D eigenvalue weighted by Crippen LogP contribution is -1.92. The van der Waals surface area contributed by atoms with E-state index in [1.54, 1.807) is 0 Å². The van der Waals surface area contributed by atoms with Crippen molar-refractivity contribution in [2.24, 2.45) is 0 Å². The highest BCUT2D eigenvalue weighted by molar-refractivity contribution is 7.26. The lowest BCUT2D eigenvalue weighted by atomic mass is 9.93. The van der Waals surface area contributed by atoms with Crippen LogP contribution >= 0.6 is 11.3 Å². The minimum Gasteiger partial charge on any atom is -0.309 e. The van der Waals surface area contributed by atoms with Gasteiger partial charge in [-0.05, 0) is 117 Å². The third-order valence-corrected chi connectivity index (χ3v) is 12.4. The van der Waals surface area contributed by atoms with Gasteiger partial charge in [0, 0.05) is 42.2 Å². The van der Waals surface area contributed by atoms with Crippen molar-refractivity contribution in [2.45, 2.75) is 0 Å². The van der Waals surface area contributed by atoms with Gasteiger partial charge in [0.05, 0.1) is 11.0 Å². The molecule has 262 valence electrons. The average Bonchev–Trinajstić information content (AvgIpc) is 3.82. The average molecular weight is 730 g/mol. The first-order valence-electron chi connectivity index (χ1n) is 19.2. The van der Waals surface area contributed by atoms with Gasteiger partial charge in [0.15, 0.2) is 0 Å². The minimum atomic E-state index is 1.17. The molecule has 2 heteroatoms. The Morgan fingerprint density at radius 1 is 0.286 bits per heavy atom. The van der Waals surface area contributed by atoms with E-state index >= 15 is 0 Å². The van der Waals surface area contributed by atoms with Crippen molar-refractivity contribution in [1.82, 2.24) is 4.57 Å². The molecule has 0 amide bonds. The standard InChI is InChI=1S/C54H35NS/c1-4-14-36(15-5-1)38-18-12-20-40(30-38)42-27-29-53-49(32-42)50-35-44(41-21-13-19-39(31-41)37-16-6-2-7-17-37)34-47(54(50)56-53)43-26-28-52-48(33-43)46-24-10-11-25-51(46)55(52)45-22-8-3-9-23-45/h1-35H. The molecule has 0 spiro atoms. The SMILES string of the molecule is c1ccc(-c2cccc(-c3ccc4sc5c(-c6ccc7c(c6)c6ccccc6n7-c6ccccc6)cc(-c6cccc(-c7ccccc7)c6)cc5c4c3)c2)cc1. The zero-order valence-corrected chi connectivity index (χ0v) is 31.4. The summed E-state index contributed by atoms with van der Waals surface area (Å²) in [7, 11) is 0. The van der Waals surface area contributed by atoms with Crippen molar-refractivity contribution in [2.75, 3.05) is 0 Å². The molecule has 0 unspecified atom stereocenters. The fourth-order valence-electron chi connectivity index (χ4n) is 8.45. The second-order valence-electron chi connectivity index (χ2n) is 14.5. The maximum Gasteiger partial charge on any atom is 0.0541 e. The Hall–Kier alpha value is -7.00. The first-order valence-corrected chi connectivity index (χ1v) is 20.0. The Labute approximate surface area is 330 Å². The maximum atomic E-state index is 2.42. The van der Waals surface area contributed by atoms with Gasteiger partial charge in [0.1, 0.15) is 0 Å². The lowest BCUT2D eigenvalue weighted by Gasteiger charge is -2.12. The second kappa shape index (κ2) is 13.4. The zero-order valence-electron chi connectivity index (χ0n) is 30.6. The molecule has 1 nitrogen and oxygen atoms in total. The van der Waals surface area contributed by atoms with Gasteiger partial charge in [-0.25, -0.2) is 0 Å². The molecular formula is C54H35NS. The van der Waals surface area contributed by atoms with Gasteiger partial charge >= 0.3 is 0 Å². The van der Waals surface area contributed by atoms with Gasteiger partial charge in [-0.3, -0.25) is 0 Å². The number of hydrogen-bond donors (Lipinski definition) is 0. The number of benzene rings is 9. The smallest absolute Gasteiger partial charge is 0.0541 e. The van der Waals surface area contributed by atoms with E-state index in [0.29, 0.717) is 0 Å². The lowest BCUT2D eigenvalue weighted by molar-refractivity contribution is 1.18. The second-order valence-corrected chi connectivity index (χ2v) is 15.6. The topological polar surface area (TPSA) is 4.93 Å². The quantitative estimate of drug-likeness (QED) is 0.161. The highest BCUT2D eigenvalue weighted by atomic mass is 32.1. The van der Waals surface area contributed by atoms with Crippen LogP contribution in [0.5, 0.6) is 0 Å². The van der Waals surface area contributed by atoms with E-state index in [4.69, 9.17) is 0 Å². The Bertz CT molecular complexity index is 3230. The molecule has 0 bridgehead atoms. The van der Waals surface area contributed by atoms with Crippen LogP contribution in [0.25, 0.3) is 103 Å². The molecule has 2 heterocycles. The summed E-state index contributed by atoms with van der Waals surface area (Å²) in [6, 6.07) is 77.7. The first-order chi connectivity index (χ1) is 27.7. The molecule has 0 aliphatic heterocycles. The molecule has 0 aliphatic rings. The molecular weight excluding hydrogens is 695 g/mol. The van der Waals surface area contributed by atoms with Crippen molar-refractivity contribution in [3.05, 3.63) is 212 Å². The maximum absolute atomic E-state index is 2.42. The van der Waals surface area contributed by atoms with Crippen molar-refractivity contribution in [3.8, 4) is 61.3 Å². The van der Waals surface area contributed by atoms with Crippen molar-refractivity contribution in [3.63, 3.8) is 0 Å². The molecule has 0 fully saturated rings. The summed E-state index contributed by atoms with van der Waals surface area (Å²) in [6.07, 6.45) is 0. The molecule has 11 aromatic rings. The summed E-state index contributed by atoms with van der Waals surface area (Å²) >= 11 is 1.90. The van der Waals surface area contributed by atoms with Crippen LogP contribution < -0.4 is 0 Å². The molecule has 0 radical (unpaired) electrons. The van der Waals surface area contributed by atoms with Gasteiger partial charge in [0.25, 0.3) is 0 Å². The van der Waals surface area contributed by atoms with E-state index in [1.165, 1.54) is 103 Å². The molecule has 0 saturated carbocycles. The normalized spacial score (nSPS) is 11.6. The number of hydrogen-bond acceptors (Lipinski definition) is 1. The molecule has 0 aliphatic carbocycles. The Balaban J connectivity index is 1.14. The predicted octanol–water partition coefficient (Wildman–Crippen LogP) is 15.5. The van der Waals surface area contributed by atoms with Crippen LogP contribution in [-0.4, -0.2) is 4.57 Å². The van der Waals surface area contributed by atoms with E-state index < -0.39 is 0 Å². The van der Waals surface area contributed by atoms with E-state index in [2.05, 4.69) is 217 Å². The van der Waals surface area contributed by atoms with Gasteiger partial charge in [-0.1, -0.05) is 146 Å². The summed E-state index contributed by atoms with van der Waals surface area (Å²) in [5.74, 6) is 0. The van der Waals surface area contributed by atoms with Crippen LogP contribution in [-0.2, 0) is 0 Å². The summed E-state index contributed by atoms with van der Waals surface area (Å²) in [4.78, 5) is 0. The highest BCUT2D eigenvalue weighted by Crippen LogP contribution is 2.45. The van der Waals surface area contributed by atoms with Gasteiger partial charge in [-0.15, -0.1) is 11.3 Å². The van der Waals surface area contributed by atoms with Crippen LogP contribution in [0.2, 0.25) is 0 Å². The molecule has 0 saturated heterocycles. The Kier molecular flexibility index (Phi) is 7.75. The summed E-state index contributed by atoms with van der Waals surface area (Å²) in [5, 5.41) is 5.09. The van der Waals surface area contributed by atoms with Crippen LogP contribution in [0, 0.1) is 0 Å². The molecule has 0 atom stereocenters. The Morgan fingerprint density at radius 3 is 1.48 bits per heavy atom. The predicted molar refractivity (Wildman–Crippen MR) is 241 cm³/mol. The highest BCUT2D eigenvalue weighted by Gasteiger charge is 2.18. The fourth-order valence-corrected chi connectivity index (χ4v) is 9.65. The van der Waals surface area contributed by atoms with Gasteiger partial charge in [-0.2, -0.15) is 0 Å². The molecule has 2 aromatic heterocycles. The van der Waals surface area contributed by atoms with Crippen molar-refractivity contribution >= 4 is 53.3 Å². The van der Waals surface area contributed by atoms with E-state index in [0.717, 1.165) is 0 Å². The summed E-state index contributed by atoms with van der Waals surface area (Å²) < 4.78 is 4.99. The van der Waals surface area contributed by atoms with E-state index in [9.17, 15) is 0 Å². The fraction of sp³-hybridized carbons (Fsp3) is 0. The number of fused-ring (bicyclic) bond motifs is 6. The molecule has 0 N–H and O–H groups in total. The van der Waals surface area contributed by atoms with Crippen LogP contribution in [0.3, 0.4) is 0 Å². The van der Waals surface area contributed by atoms with E-state index in [1.807, 2.05) is 11.3 Å². The minimum absolute atomic E-state index is 1.17. The zero-order chi connectivity index (χ0) is 37.0. The third-order valence-electron chi connectivity index (χ3n) is 11.2. The number of rotatable bonds is 6. The van der Waals surface area contributed by atoms with Gasteiger partial charge < -0.3 is 4.57 Å². The number of nitrogens with zero attached hydrogens (tertiary/aromatic N) is 1. The van der Waals surface area contributed by atoms with Crippen LogP contribution in [0.4, 0.5) is 0 Å². The Morgan fingerprint density at radius 2 is 0.786 bits per heavy atom. The van der Waals surface area contributed by atoms with E-state index in [-0.39, 0.29) is 0 Å². The largest absolute Gasteiger partial charge is 0.309 e. The first kappa shape index (κ1) is 32.4.